The molecule has 1 fully saturated rings. The largest absolute Gasteiger partial charge is 0.496 e. The van der Waals surface area contributed by atoms with Crippen LogP contribution in [0.2, 0.25) is 0 Å². The molecule has 3 heteroatoms. The zero-order valence-electron chi connectivity index (χ0n) is 13.7. The molecule has 1 aromatic rings. The number of methoxy groups -OCH3 is 1. The number of carbonyl (C=O) groups is 1. The highest BCUT2D eigenvalue weighted by Gasteiger charge is 2.29. The van der Waals surface area contributed by atoms with Crippen molar-refractivity contribution in [3.05, 3.63) is 29.8 Å². The third-order valence-electron chi connectivity index (χ3n) is 4.73. The van der Waals surface area contributed by atoms with E-state index in [0.717, 1.165) is 0 Å². The van der Waals surface area contributed by atoms with Crippen molar-refractivity contribution >= 4 is 5.78 Å². The normalized spacial score (nSPS) is 18.7. The summed E-state index contributed by atoms with van der Waals surface area (Å²) < 4.78 is 5.28. The standard InChI is InChI=1S/C18H27NO2/c1-18(2)11-9-14(10-12-18)19(3)13-16(20)15-7-5-6-8-17(15)21-4/h5-8,14H,9-13H2,1-4H3. The van der Waals surface area contributed by atoms with Crippen molar-refractivity contribution in [2.75, 3.05) is 20.7 Å². The van der Waals surface area contributed by atoms with Gasteiger partial charge in [0.1, 0.15) is 5.75 Å². The quantitative estimate of drug-likeness (QED) is 0.773. The van der Waals surface area contributed by atoms with Gasteiger partial charge in [-0.3, -0.25) is 9.69 Å². The van der Waals surface area contributed by atoms with E-state index in [0.29, 0.717) is 29.3 Å². The number of hydrogen-bond donors (Lipinski definition) is 0. The highest BCUT2D eigenvalue weighted by atomic mass is 16.5. The van der Waals surface area contributed by atoms with E-state index in [1.54, 1.807) is 7.11 Å². The number of ether oxygens (including phenoxy) is 1. The van der Waals surface area contributed by atoms with E-state index < -0.39 is 0 Å². The number of para-hydroxylation sites is 1. The second-order valence-electron chi connectivity index (χ2n) is 6.93. The molecule has 1 aliphatic rings. The molecule has 0 saturated heterocycles. The van der Waals surface area contributed by atoms with Gasteiger partial charge in [-0.05, 0) is 50.3 Å². The average molecular weight is 289 g/mol. The predicted octanol–water partition coefficient (Wildman–Crippen LogP) is 3.78. The molecule has 0 aliphatic heterocycles. The molecule has 0 unspecified atom stereocenters. The SMILES string of the molecule is COc1ccccc1C(=O)CN(C)C1CCC(C)(C)CC1. The Morgan fingerprint density at radius 3 is 2.52 bits per heavy atom. The number of Topliss-reactive ketones (excluding diaryl/α,β-unsaturated/α-hetero) is 1. The van der Waals surface area contributed by atoms with Crippen LogP contribution < -0.4 is 4.74 Å². The van der Waals surface area contributed by atoms with Gasteiger partial charge in [0.25, 0.3) is 0 Å². The van der Waals surface area contributed by atoms with Crippen LogP contribution in [0.3, 0.4) is 0 Å². The van der Waals surface area contributed by atoms with Crippen LogP contribution in [0, 0.1) is 5.41 Å². The first-order chi connectivity index (χ1) is 9.93. The lowest BCUT2D eigenvalue weighted by atomic mass is 9.75. The summed E-state index contributed by atoms with van der Waals surface area (Å²) in [6, 6.07) is 7.99. The van der Waals surface area contributed by atoms with Crippen molar-refractivity contribution in [2.24, 2.45) is 5.41 Å². The van der Waals surface area contributed by atoms with Crippen LogP contribution in [0.5, 0.6) is 5.75 Å². The summed E-state index contributed by atoms with van der Waals surface area (Å²) in [5.74, 6) is 0.806. The van der Waals surface area contributed by atoms with Gasteiger partial charge in [-0.25, -0.2) is 0 Å². The molecule has 1 aliphatic carbocycles. The minimum atomic E-state index is 0.139. The number of hydrogen-bond acceptors (Lipinski definition) is 3. The molecule has 0 atom stereocenters. The molecule has 1 saturated carbocycles. The van der Waals surface area contributed by atoms with E-state index in [1.165, 1.54) is 25.7 Å². The summed E-state index contributed by atoms with van der Waals surface area (Å²) in [6.45, 7) is 5.14. The Hall–Kier alpha value is -1.35. The first kappa shape index (κ1) is 16.0. The predicted molar refractivity (Wildman–Crippen MR) is 86.0 cm³/mol. The molecule has 116 valence electrons. The molecule has 2 rings (SSSR count). The lowest BCUT2D eigenvalue weighted by molar-refractivity contribution is 0.0849. The molecule has 0 aromatic heterocycles. The van der Waals surface area contributed by atoms with E-state index in [1.807, 2.05) is 24.3 Å². The zero-order valence-corrected chi connectivity index (χ0v) is 13.7. The van der Waals surface area contributed by atoms with Crippen molar-refractivity contribution in [3.8, 4) is 5.75 Å². The fourth-order valence-corrected chi connectivity index (χ4v) is 3.14. The monoisotopic (exact) mass is 289 g/mol. The van der Waals surface area contributed by atoms with Gasteiger partial charge in [-0.1, -0.05) is 26.0 Å². The molecule has 0 N–H and O–H groups in total. The fraction of sp³-hybridized carbons (Fsp3) is 0.611. The molecule has 0 amide bonds. The third-order valence-corrected chi connectivity index (χ3v) is 4.73. The molecular weight excluding hydrogens is 262 g/mol. The fourth-order valence-electron chi connectivity index (χ4n) is 3.14. The van der Waals surface area contributed by atoms with E-state index in [-0.39, 0.29) is 5.78 Å². The van der Waals surface area contributed by atoms with Crippen LogP contribution in [0.1, 0.15) is 49.9 Å². The minimum Gasteiger partial charge on any atom is -0.496 e. The summed E-state index contributed by atoms with van der Waals surface area (Å²) in [7, 11) is 3.68. The lowest BCUT2D eigenvalue weighted by Gasteiger charge is -2.38. The van der Waals surface area contributed by atoms with Crippen molar-refractivity contribution < 1.29 is 9.53 Å². The molecule has 1 aromatic carbocycles. The van der Waals surface area contributed by atoms with Crippen LogP contribution in [-0.2, 0) is 0 Å². The second-order valence-corrected chi connectivity index (χ2v) is 6.93. The van der Waals surface area contributed by atoms with Crippen molar-refractivity contribution in [3.63, 3.8) is 0 Å². The number of ketones is 1. The first-order valence-corrected chi connectivity index (χ1v) is 7.79. The molecular formula is C18H27NO2. The van der Waals surface area contributed by atoms with E-state index >= 15 is 0 Å². The summed E-state index contributed by atoms with van der Waals surface area (Å²) in [6.07, 6.45) is 4.85. The average Bonchev–Trinajstić information content (AvgIpc) is 2.46. The Labute approximate surface area is 128 Å². The molecule has 0 bridgehead atoms. The van der Waals surface area contributed by atoms with E-state index in [2.05, 4.69) is 25.8 Å². The highest BCUT2D eigenvalue weighted by Crippen LogP contribution is 2.36. The van der Waals surface area contributed by atoms with Crippen LogP contribution >= 0.6 is 0 Å². The maximum absolute atomic E-state index is 12.5. The van der Waals surface area contributed by atoms with Gasteiger partial charge in [0.05, 0.1) is 19.2 Å². The summed E-state index contributed by atoms with van der Waals surface area (Å²) in [5, 5.41) is 0. The van der Waals surface area contributed by atoms with E-state index in [9.17, 15) is 4.79 Å². The maximum Gasteiger partial charge on any atom is 0.180 e. The van der Waals surface area contributed by atoms with Gasteiger partial charge in [0.15, 0.2) is 5.78 Å². The third kappa shape index (κ3) is 4.07. The highest BCUT2D eigenvalue weighted by molar-refractivity contribution is 6.00. The number of benzene rings is 1. The van der Waals surface area contributed by atoms with Crippen LogP contribution in [0.15, 0.2) is 24.3 Å². The molecule has 0 radical (unpaired) electrons. The van der Waals surface area contributed by atoms with Crippen LogP contribution in [0.4, 0.5) is 0 Å². The first-order valence-electron chi connectivity index (χ1n) is 7.79. The second kappa shape index (κ2) is 6.61. The summed E-state index contributed by atoms with van der Waals surface area (Å²) in [4.78, 5) is 14.7. The summed E-state index contributed by atoms with van der Waals surface area (Å²) >= 11 is 0. The summed E-state index contributed by atoms with van der Waals surface area (Å²) in [5.41, 5.74) is 1.15. The number of nitrogens with zero attached hydrogens (tertiary/aromatic N) is 1. The van der Waals surface area contributed by atoms with Crippen molar-refractivity contribution in [1.82, 2.24) is 4.90 Å². The Kier molecular flexibility index (Phi) is 5.04. The van der Waals surface area contributed by atoms with Gasteiger partial charge in [0, 0.05) is 6.04 Å². The number of rotatable bonds is 5. The minimum absolute atomic E-state index is 0.139. The maximum atomic E-state index is 12.5. The number of carbonyl (C=O) groups excluding carboxylic acids is 1. The molecule has 0 spiro atoms. The Bertz CT molecular complexity index is 486. The van der Waals surface area contributed by atoms with Gasteiger partial charge < -0.3 is 4.74 Å². The lowest BCUT2D eigenvalue weighted by Crippen LogP contribution is -2.39. The van der Waals surface area contributed by atoms with Gasteiger partial charge in [0.2, 0.25) is 0 Å². The Morgan fingerprint density at radius 2 is 1.90 bits per heavy atom. The Balaban J connectivity index is 1.96. The zero-order chi connectivity index (χ0) is 15.5. The van der Waals surface area contributed by atoms with Crippen molar-refractivity contribution in [2.45, 2.75) is 45.6 Å². The molecule has 21 heavy (non-hydrogen) atoms. The van der Waals surface area contributed by atoms with Gasteiger partial charge in [-0.15, -0.1) is 0 Å². The van der Waals surface area contributed by atoms with Crippen LogP contribution in [0.25, 0.3) is 0 Å². The molecule has 3 nitrogen and oxygen atoms in total. The van der Waals surface area contributed by atoms with E-state index in [4.69, 9.17) is 4.74 Å². The number of likely N-dealkylation sites (N-methyl/N-ethyl adjacent to an activating group) is 1. The van der Waals surface area contributed by atoms with Crippen molar-refractivity contribution in [1.29, 1.82) is 0 Å². The molecule has 0 heterocycles. The van der Waals surface area contributed by atoms with Gasteiger partial charge >= 0.3 is 0 Å². The Morgan fingerprint density at radius 1 is 1.29 bits per heavy atom. The topological polar surface area (TPSA) is 29.5 Å². The van der Waals surface area contributed by atoms with Crippen LogP contribution in [-0.4, -0.2) is 37.4 Å². The smallest absolute Gasteiger partial charge is 0.180 e. The van der Waals surface area contributed by atoms with Gasteiger partial charge in [-0.2, -0.15) is 0 Å².